The van der Waals surface area contributed by atoms with E-state index in [4.69, 9.17) is 0 Å². The Hall–Kier alpha value is -1.94. The van der Waals surface area contributed by atoms with E-state index in [1.54, 1.807) is 0 Å². The summed E-state index contributed by atoms with van der Waals surface area (Å²) in [5.74, 6) is 1.83. The van der Waals surface area contributed by atoms with Crippen molar-refractivity contribution < 1.29 is 0 Å². The Labute approximate surface area is 119 Å². The van der Waals surface area contributed by atoms with Gasteiger partial charge in [0.05, 0.1) is 6.04 Å². The van der Waals surface area contributed by atoms with Gasteiger partial charge in [-0.25, -0.2) is 4.98 Å². The summed E-state index contributed by atoms with van der Waals surface area (Å²) in [6, 6.07) is 10.8. The number of benzene rings is 1. The maximum Gasteiger partial charge on any atom is 0.167 e. The Morgan fingerprint density at radius 1 is 1.35 bits per heavy atom. The van der Waals surface area contributed by atoms with Crippen LogP contribution in [0.1, 0.15) is 36.1 Å². The van der Waals surface area contributed by atoms with Gasteiger partial charge in [0.2, 0.25) is 0 Å². The molecule has 1 N–H and O–H groups in total. The minimum atomic E-state index is 0.361. The van der Waals surface area contributed by atoms with Crippen LogP contribution in [0.3, 0.4) is 0 Å². The average Bonchev–Trinajstić information content (AvgIpc) is 3.09. The first kappa shape index (κ1) is 13.1. The third-order valence-electron chi connectivity index (χ3n) is 3.73. The molecule has 4 heteroatoms. The number of nitrogens with zero attached hydrogens (tertiary/aromatic N) is 3. The number of H-pyrrole nitrogens is 1. The van der Waals surface area contributed by atoms with Gasteiger partial charge in [-0.2, -0.15) is 5.10 Å². The second-order valence-electron chi connectivity index (χ2n) is 5.25. The number of rotatable bonds is 4. The Morgan fingerprint density at radius 3 is 2.95 bits per heavy atom. The fraction of sp³-hybridized carbons (Fsp3) is 0.375. The van der Waals surface area contributed by atoms with Crippen LogP contribution in [0.15, 0.2) is 36.4 Å². The van der Waals surface area contributed by atoms with Gasteiger partial charge in [0, 0.05) is 6.54 Å². The van der Waals surface area contributed by atoms with Crippen molar-refractivity contribution >= 4 is 6.08 Å². The number of nitrogens with one attached hydrogen (secondary N) is 1. The van der Waals surface area contributed by atoms with E-state index in [9.17, 15) is 0 Å². The highest BCUT2D eigenvalue weighted by Crippen LogP contribution is 2.29. The van der Waals surface area contributed by atoms with Crippen LogP contribution >= 0.6 is 0 Å². The molecule has 1 aromatic heterocycles. The lowest BCUT2D eigenvalue weighted by molar-refractivity contribution is 0.276. The first-order valence-corrected chi connectivity index (χ1v) is 7.17. The second-order valence-corrected chi connectivity index (χ2v) is 5.25. The summed E-state index contributed by atoms with van der Waals surface area (Å²) in [7, 11) is 0. The SMILES string of the molecule is Cc1nc([C@@H]2CCCN2C/C=C/c2ccccc2)n[nH]1. The number of hydrogen-bond acceptors (Lipinski definition) is 3. The minimum absolute atomic E-state index is 0.361. The monoisotopic (exact) mass is 268 g/mol. The van der Waals surface area contributed by atoms with Crippen molar-refractivity contribution in [2.24, 2.45) is 0 Å². The molecular formula is C16H20N4. The molecule has 3 rings (SSSR count). The largest absolute Gasteiger partial charge is 0.290 e. The molecule has 0 spiro atoms. The molecule has 2 aromatic rings. The number of aromatic amines is 1. The minimum Gasteiger partial charge on any atom is -0.290 e. The summed E-state index contributed by atoms with van der Waals surface area (Å²) in [5.41, 5.74) is 1.25. The summed E-state index contributed by atoms with van der Waals surface area (Å²) in [4.78, 5) is 6.92. The molecule has 1 saturated heterocycles. The number of aromatic nitrogens is 3. The zero-order valence-electron chi connectivity index (χ0n) is 11.8. The van der Waals surface area contributed by atoms with Crippen molar-refractivity contribution in [2.45, 2.75) is 25.8 Å². The van der Waals surface area contributed by atoms with Gasteiger partial charge in [0.25, 0.3) is 0 Å². The molecule has 1 atom stereocenters. The van der Waals surface area contributed by atoms with Crippen molar-refractivity contribution in [2.75, 3.05) is 13.1 Å². The molecule has 104 valence electrons. The first-order chi connectivity index (χ1) is 9.83. The van der Waals surface area contributed by atoms with Crippen molar-refractivity contribution in [1.82, 2.24) is 20.1 Å². The van der Waals surface area contributed by atoms with E-state index < -0.39 is 0 Å². The highest BCUT2D eigenvalue weighted by atomic mass is 15.3. The van der Waals surface area contributed by atoms with Crippen molar-refractivity contribution in [3.63, 3.8) is 0 Å². The van der Waals surface area contributed by atoms with E-state index >= 15 is 0 Å². The van der Waals surface area contributed by atoms with Crippen molar-refractivity contribution in [3.8, 4) is 0 Å². The number of hydrogen-bond donors (Lipinski definition) is 1. The van der Waals surface area contributed by atoms with Crippen LogP contribution in [0.4, 0.5) is 0 Å². The van der Waals surface area contributed by atoms with Gasteiger partial charge in [-0.3, -0.25) is 10.00 Å². The molecule has 0 radical (unpaired) electrons. The second kappa shape index (κ2) is 6.01. The topological polar surface area (TPSA) is 44.8 Å². The zero-order chi connectivity index (χ0) is 13.8. The summed E-state index contributed by atoms with van der Waals surface area (Å²) in [6.07, 6.45) is 6.78. The van der Waals surface area contributed by atoms with Gasteiger partial charge < -0.3 is 0 Å². The summed E-state index contributed by atoms with van der Waals surface area (Å²) < 4.78 is 0. The molecule has 2 heterocycles. The Balaban J connectivity index is 1.63. The van der Waals surface area contributed by atoms with E-state index in [1.807, 2.05) is 13.0 Å². The fourth-order valence-electron chi connectivity index (χ4n) is 2.73. The van der Waals surface area contributed by atoms with E-state index in [0.29, 0.717) is 6.04 Å². The molecule has 4 nitrogen and oxygen atoms in total. The predicted octanol–water partition coefficient (Wildman–Crippen LogP) is 2.96. The summed E-state index contributed by atoms with van der Waals surface area (Å²) >= 11 is 0. The molecule has 1 fully saturated rings. The molecule has 0 amide bonds. The van der Waals surface area contributed by atoms with Crippen molar-refractivity contribution in [1.29, 1.82) is 0 Å². The lowest BCUT2D eigenvalue weighted by atomic mass is 10.2. The van der Waals surface area contributed by atoms with Gasteiger partial charge in [-0.05, 0) is 31.9 Å². The average molecular weight is 268 g/mol. The summed E-state index contributed by atoms with van der Waals surface area (Å²) in [5, 5.41) is 7.25. The van der Waals surface area contributed by atoms with Gasteiger partial charge in [-0.1, -0.05) is 42.5 Å². The molecule has 0 unspecified atom stereocenters. The fourth-order valence-corrected chi connectivity index (χ4v) is 2.73. The smallest absolute Gasteiger partial charge is 0.167 e. The van der Waals surface area contributed by atoms with E-state index in [0.717, 1.165) is 31.2 Å². The van der Waals surface area contributed by atoms with Crippen LogP contribution in [-0.4, -0.2) is 33.2 Å². The number of likely N-dealkylation sites (tertiary alicyclic amines) is 1. The van der Waals surface area contributed by atoms with E-state index in [-0.39, 0.29) is 0 Å². The lowest BCUT2D eigenvalue weighted by Gasteiger charge is -2.20. The van der Waals surface area contributed by atoms with Crippen LogP contribution < -0.4 is 0 Å². The van der Waals surface area contributed by atoms with Gasteiger partial charge >= 0.3 is 0 Å². The maximum absolute atomic E-state index is 4.48. The van der Waals surface area contributed by atoms with E-state index in [2.05, 4.69) is 56.5 Å². The normalized spacial score (nSPS) is 19.9. The molecule has 1 aliphatic heterocycles. The van der Waals surface area contributed by atoms with Crippen LogP contribution in [0.2, 0.25) is 0 Å². The predicted molar refractivity (Wildman–Crippen MR) is 80.1 cm³/mol. The van der Waals surface area contributed by atoms with E-state index in [1.165, 1.54) is 12.0 Å². The van der Waals surface area contributed by atoms with Crippen molar-refractivity contribution in [3.05, 3.63) is 53.6 Å². The Morgan fingerprint density at radius 2 is 2.20 bits per heavy atom. The van der Waals surface area contributed by atoms with Crippen LogP contribution in [0.5, 0.6) is 0 Å². The Bertz CT molecular complexity index is 573. The lowest BCUT2D eigenvalue weighted by Crippen LogP contribution is -2.24. The highest BCUT2D eigenvalue weighted by Gasteiger charge is 2.27. The molecule has 1 aliphatic rings. The third kappa shape index (κ3) is 2.96. The van der Waals surface area contributed by atoms with Gasteiger partial charge in [-0.15, -0.1) is 0 Å². The number of aryl methyl sites for hydroxylation is 1. The molecule has 20 heavy (non-hydrogen) atoms. The first-order valence-electron chi connectivity index (χ1n) is 7.17. The van der Waals surface area contributed by atoms with Gasteiger partial charge in [0.15, 0.2) is 5.82 Å². The summed E-state index contributed by atoms with van der Waals surface area (Å²) in [6.45, 7) is 4.02. The molecule has 0 saturated carbocycles. The molecule has 1 aromatic carbocycles. The molecular weight excluding hydrogens is 248 g/mol. The van der Waals surface area contributed by atoms with Crippen LogP contribution in [-0.2, 0) is 0 Å². The standard InChI is InChI=1S/C16H20N4/c1-13-17-16(19-18-13)15-10-6-12-20(15)11-5-9-14-7-3-2-4-8-14/h2-5,7-9,15H,6,10-12H2,1H3,(H,17,18,19)/b9-5+/t15-/m0/s1. The quantitative estimate of drug-likeness (QED) is 0.927. The highest BCUT2D eigenvalue weighted by molar-refractivity contribution is 5.48. The van der Waals surface area contributed by atoms with Gasteiger partial charge in [0.1, 0.15) is 5.82 Å². The molecule has 0 aliphatic carbocycles. The maximum atomic E-state index is 4.48. The third-order valence-corrected chi connectivity index (χ3v) is 3.73. The van der Waals surface area contributed by atoms with Crippen LogP contribution in [0.25, 0.3) is 6.08 Å². The molecule has 0 bridgehead atoms. The Kier molecular flexibility index (Phi) is 3.92. The zero-order valence-corrected chi connectivity index (χ0v) is 11.8. The van der Waals surface area contributed by atoms with Crippen LogP contribution in [0, 0.1) is 6.92 Å².